The van der Waals surface area contributed by atoms with E-state index in [1.165, 1.54) is 5.56 Å². The Morgan fingerprint density at radius 1 is 0.778 bits per heavy atom. The summed E-state index contributed by atoms with van der Waals surface area (Å²) >= 11 is 0. The fourth-order valence-electron chi connectivity index (χ4n) is 3.12. The predicted molar refractivity (Wildman–Crippen MR) is 161 cm³/mol. The molecule has 0 aliphatic carbocycles. The molecule has 6 heteroatoms. The monoisotopic (exact) mass is 514 g/mol. The van der Waals surface area contributed by atoms with E-state index in [2.05, 4.69) is 58.9 Å². The van der Waals surface area contributed by atoms with Gasteiger partial charge in [-0.05, 0) is 46.5 Å². The lowest BCUT2D eigenvalue weighted by atomic mass is 10.1. The minimum absolute atomic E-state index is 0.771. The molecule has 3 rings (SSSR count). The molecule has 0 fully saturated rings. The van der Waals surface area contributed by atoms with E-state index >= 15 is 0 Å². The Morgan fingerprint density at radius 3 is 1.94 bits per heavy atom. The van der Waals surface area contributed by atoms with Crippen molar-refractivity contribution >= 4 is 57.4 Å². The fraction of sp³-hybridized carbons (Fsp3) is 0.133. The van der Waals surface area contributed by atoms with Crippen molar-refractivity contribution in [2.24, 2.45) is 0 Å². The maximum Gasteiger partial charge on any atom is 0.169 e. The molecule has 2 aromatic carbocycles. The zero-order chi connectivity index (χ0) is 25.4. The summed E-state index contributed by atoms with van der Waals surface area (Å²) in [5, 5.41) is 0. The molecule has 0 saturated carbocycles. The highest BCUT2D eigenvalue weighted by atomic mass is 33.1. The molecular formula is C30H34N4S2+2. The molecule has 3 aromatic rings. The normalized spacial score (nSPS) is 12.2. The molecular weight excluding hydrogens is 480 g/mol. The van der Waals surface area contributed by atoms with Gasteiger partial charge in [0.1, 0.15) is 0 Å². The first kappa shape index (κ1) is 27.1. The number of hydrogen-bond acceptors (Lipinski definition) is 4. The van der Waals surface area contributed by atoms with Crippen molar-refractivity contribution in [3.63, 3.8) is 0 Å². The van der Waals surface area contributed by atoms with Gasteiger partial charge in [0, 0.05) is 29.6 Å². The second-order valence-corrected chi connectivity index (χ2v) is 10.7. The van der Waals surface area contributed by atoms with Gasteiger partial charge >= 0.3 is 0 Å². The van der Waals surface area contributed by atoms with E-state index in [0.717, 1.165) is 52.7 Å². The Bertz CT molecular complexity index is 1190. The predicted octanol–water partition coefficient (Wildman–Crippen LogP) is 4.67. The van der Waals surface area contributed by atoms with Crippen LogP contribution in [0.5, 0.6) is 0 Å². The van der Waals surface area contributed by atoms with Crippen molar-refractivity contribution in [3.8, 4) is 0 Å². The van der Waals surface area contributed by atoms with Crippen molar-refractivity contribution < 1.29 is 9.56 Å². The van der Waals surface area contributed by atoms with Crippen LogP contribution in [0, 0.1) is 0 Å². The minimum atomic E-state index is 0.771. The molecule has 1 heterocycles. The quantitative estimate of drug-likeness (QED) is 0.0774. The molecule has 0 aliphatic heterocycles. The van der Waals surface area contributed by atoms with Crippen molar-refractivity contribution in [1.29, 1.82) is 0 Å². The Hall–Kier alpha value is -3.48. The third-order valence-corrected chi connectivity index (χ3v) is 7.59. The fourth-order valence-corrected chi connectivity index (χ4v) is 5.02. The summed E-state index contributed by atoms with van der Waals surface area (Å²) in [6, 6.07) is 20.0. The van der Waals surface area contributed by atoms with Crippen LogP contribution < -0.4 is 21.0 Å². The van der Waals surface area contributed by atoms with Crippen LogP contribution in [0.3, 0.4) is 0 Å². The highest BCUT2D eigenvalue weighted by Gasteiger charge is 2.01. The molecule has 0 saturated heterocycles. The van der Waals surface area contributed by atoms with E-state index in [1.54, 1.807) is 0 Å². The highest BCUT2D eigenvalue weighted by Crippen LogP contribution is 2.19. The van der Waals surface area contributed by atoms with Gasteiger partial charge in [0.15, 0.2) is 31.7 Å². The maximum absolute atomic E-state index is 5.74. The van der Waals surface area contributed by atoms with E-state index < -0.39 is 0 Å². The molecule has 0 amide bonds. The summed E-state index contributed by atoms with van der Waals surface area (Å²) in [5.41, 5.74) is 17.5. The molecule has 5 N–H and O–H groups in total. The third-order valence-electron chi connectivity index (χ3n) is 5.20. The van der Waals surface area contributed by atoms with Crippen LogP contribution >= 0.6 is 21.6 Å². The molecule has 0 spiro atoms. The number of hydrogen-bond donors (Lipinski definition) is 3. The number of rotatable bonds is 13. The second kappa shape index (κ2) is 15.5. The molecule has 0 radical (unpaired) electrons. The molecule has 0 bridgehead atoms. The van der Waals surface area contributed by atoms with E-state index in [0.29, 0.717) is 0 Å². The summed E-state index contributed by atoms with van der Waals surface area (Å²) in [7, 11) is 3.79. The van der Waals surface area contributed by atoms with Gasteiger partial charge < -0.3 is 11.5 Å². The van der Waals surface area contributed by atoms with Crippen LogP contribution in [-0.2, 0) is 6.54 Å². The Morgan fingerprint density at radius 2 is 1.33 bits per heavy atom. The molecule has 36 heavy (non-hydrogen) atoms. The number of benzene rings is 2. The largest absolute Gasteiger partial charge is 0.399 e. The number of allylic oxidation sites excluding steroid dienone is 4. The van der Waals surface area contributed by atoms with Gasteiger partial charge in [0.05, 0.1) is 11.5 Å². The average Bonchev–Trinajstić information content (AvgIpc) is 2.90. The van der Waals surface area contributed by atoms with Gasteiger partial charge in [-0.2, -0.15) is 0 Å². The van der Waals surface area contributed by atoms with Crippen molar-refractivity contribution in [1.82, 2.24) is 0 Å². The summed E-state index contributed by atoms with van der Waals surface area (Å²) in [6.45, 7) is 5.80. The van der Waals surface area contributed by atoms with Gasteiger partial charge in [0.25, 0.3) is 0 Å². The van der Waals surface area contributed by atoms with Crippen LogP contribution in [0.4, 0.5) is 11.4 Å². The van der Waals surface area contributed by atoms with Gasteiger partial charge in [-0.25, -0.2) is 9.56 Å². The van der Waals surface area contributed by atoms with Gasteiger partial charge in [-0.3, -0.25) is 0 Å². The average molecular weight is 515 g/mol. The van der Waals surface area contributed by atoms with E-state index in [9.17, 15) is 0 Å². The second-order valence-electron chi connectivity index (χ2n) is 8.00. The summed E-state index contributed by atoms with van der Waals surface area (Å²) in [5.74, 6) is 2.11. The molecule has 0 atom stereocenters. The number of anilines is 2. The Balaban J connectivity index is 1.30. The first-order valence-corrected chi connectivity index (χ1v) is 14.3. The van der Waals surface area contributed by atoms with Crippen molar-refractivity contribution in [2.75, 3.05) is 29.5 Å². The van der Waals surface area contributed by atoms with E-state index in [4.69, 9.17) is 11.5 Å². The molecule has 184 valence electrons. The molecule has 4 nitrogen and oxygen atoms in total. The number of aromatic nitrogens is 1. The lowest BCUT2D eigenvalue weighted by molar-refractivity contribution is -0.692. The van der Waals surface area contributed by atoms with Crippen LogP contribution in [0.2, 0.25) is 0 Å². The molecule has 0 aliphatic rings. The molecule has 0 unspecified atom stereocenters. The first-order chi connectivity index (χ1) is 17.6. The smallest absolute Gasteiger partial charge is 0.169 e. The van der Waals surface area contributed by atoms with Crippen molar-refractivity contribution in [3.05, 3.63) is 120 Å². The number of nitrogens with two attached hydrogens (primary N) is 2. The maximum atomic E-state index is 5.74. The van der Waals surface area contributed by atoms with Gasteiger partial charge in [0.2, 0.25) is 0 Å². The molecule has 1 aromatic heterocycles. The number of nitrogens with one attached hydrogen (secondary N) is 1. The minimum Gasteiger partial charge on any atom is -0.399 e. The zero-order valence-electron chi connectivity index (χ0n) is 20.4. The lowest BCUT2D eigenvalue weighted by Gasteiger charge is -1.98. The Kier molecular flexibility index (Phi) is 11.7. The number of pyridine rings is 1. The van der Waals surface area contributed by atoms with E-state index in [1.807, 2.05) is 94.6 Å². The summed E-state index contributed by atoms with van der Waals surface area (Å²) < 4.78 is 2.22. The topological polar surface area (TPSA) is 69.9 Å². The van der Waals surface area contributed by atoms with Crippen LogP contribution in [0.15, 0.2) is 103 Å². The van der Waals surface area contributed by atoms with Crippen LogP contribution in [0.1, 0.15) is 16.7 Å². The van der Waals surface area contributed by atoms with Crippen LogP contribution in [-0.4, -0.2) is 24.3 Å². The first-order valence-electron chi connectivity index (χ1n) is 11.8. The Labute approximate surface area is 222 Å². The highest BCUT2D eigenvalue weighted by molar-refractivity contribution is 8.76. The van der Waals surface area contributed by atoms with Gasteiger partial charge in [-0.15, -0.1) is 0 Å². The number of aryl methyl sites for hydroxylation is 1. The SMILES string of the molecule is C=CC(/C=C/c1ccc(N)cc1)=C\C=[NH+]CCSSCC[n+]1ccc(/C=C/c2ccc(N)cc2)cc1. The van der Waals surface area contributed by atoms with Crippen LogP contribution in [0.25, 0.3) is 18.2 Å². The zero-order valence-corrected chi connectivity index (χ0v) is 22.1. The van der Waals surface area contributed by atoms with E-state index in [-0.39, 0.29) is 0 Å². The van der Waals surface area contributed by atoms with Gasteiger partial charge in [-0.1, -0.05) is 82.8 Å². The van der Waals surface area contributed by atoms with Crippen molar-refractivity contribution in [2.45, 2.75) is 6.54 Å². The number of nitrogens with zero attached hydrogens (tertiary/aromatic N) is 1. The lowest BCUT2D eigenvalue weighted by Crippen LogP contribution is -2.69. The standard InChI is InChI=1S/C30H32N4S2/c1-2-25(3-4-26-7-11-29(31)12-8-26)15-18-33-19-23-35-36-24-22-34-20-16-28(17-21-34)6-5-27-9-13-30(32)14-10-27/h2-18,20-21,32H,1,19,22-24H2,(H2,31,33)/p+2. The number of nitrogen functional groups attached to an aromatic ring is 2. The summed E-state index contributed by atoms with van der Waals surface area (Å²) in [6.07, 6.45) is 18.4. The third kappa shape index (κ3) is 10.4. The summed E-state index contributed by atoms with van der Waals surface area (Å²) in [4.78, 5) is 3.35.